The number of carboxylic acids is 2. The molecular weight excluding hydrogens is 236 g/mol. The molecule has 1 fully saturated rings. The van der Waals surface area contributed by atoms with Gasteiger partial charge in [0.1, 0.15) is 0 Å². The molecule has 1 aromatic rings. The Kier molecular flexibility index (Phi) is 3.16. The minimum absolute atomic E-state index is 0.0405. The molecule has 1 heterocycles. The third-order valence-electron chi connectivity index (χ3n) is 2.75. The minimum Gasteiger partial charge on any atom is -0.545 e. The Balaban J connectivity index is 2.44. The van der Waals surface area contributed by atoms with E-state index in [2.05, 4.69) is 6.58 Å². The van der Waals surface area contributed by atoms with Crippen molar-refractivity contribution in [3.05, 3.63) is 41.5 Å². The molecule has 0 N–H and O–H groups in total. The summed E-state index contributed by atoms with van der Waals surface area (Å²) in [5, 5.41) is 22.0. The number of aromatic carboxylic acids is 2. The van der Waals surface area contributed by atoms with Gasteiger partial charge in [0.2, 0.25) is 0 Å². The van der Waals surface area contributed by atoms with Gasteiger partial charge in [-0.3, -0.25) is 0 Å². The molecule has 0 saturated carbocycles. The highest BCUT2D eigenvalue weighted by Crippen LogP contribution is 2.28. The monoisotopic (exact) mass is 246 g/mol. The molecule has 0 amide bonds. The number of ether oxygens (including phenoxy) is 1. The van der Waals surface area contributed by atoms with E-state index in [9.17, 15) is 19.8 Å². The van der Waals surface area contributed by atoms with Crippen LogP contribution < -0.4 is 10.2 Å². The Morgan fingerprint density at radius 3 is 2.39 bits per heavy atom. The SMILES string of the molecule is C=C(CC1CO1)c1cccc(C(=O)[O-])c1C(=O)[O-]. The van der Waals surface area contributed by atoms with Gasteiger partial charge in [0.05, 0.1) is 24.6 Å². The van der Waals surface area contributed by atoms with E-state index in [0.29, 0.717) is 18.6 Å². The standard InChI is InChI=1S/C13H12O5/c1-7(5-8-6-18-8)9-3-2-4-10(12(14)15)11(9)13(16)17/h2-4,8H,1,5-6H2,(H,14,15)(H,16,17)/p-2. The molecule has 0 radical (unpaired) electrons. The van der Waals surface area contributed by atoms with Crippen molar-refractivity contribution in [3.63, 3.8) is 0 Å². The van der Waals surface area contributed by atoms with Crippen LogP contribution in [0.15, 0.2) is 24.8 Å². The summed E-state index contributed by atoms with van der Waals surface area (Å²) in [6, 6.07) is 4.12. The maximum absolute atomic E-state index is 11.1. The molecule has 1 saturated heterocycles. The first-order valence-corrected chi connectivity index (χ1v) is 5.36. The average Bonchev–Trinajstić information content (AvgIpc) is 3.11. The lowest BCUT2D eigenvalue weighted by Crippen LogP contribution is -2.31. The van der Waals surface area contributed by atoms with Crippen LogP contribution in [0.5, 0.6) is 0 Å². The molecule has 1 aliphatic heterocycles. The van der Waals surface area contributed by atoms with Crippen LogP contribution in [0.3, 0.4) is 0 Å². The maximum Gasteiger partial charge on any atom is 0.0850 e. The number of carbonyl (C=O) groups is 2. The second-order valence-corrected chi connectivity index (χ2v) is 4.07. The summed E-state index contributed by atoms with van der Waals surface area (Å²) in [5.74, 6) is -3.10. The van der Waals surface area contributed by atoms with Gasteiger partial charge in [0, 0.05) is 17.5 Å². The zero-order chi connectivity index (χ0) is 13.3. The topological polar surface area (TPSA) is 92.8 Å². The van der Waals surface area contributed by atoms with Gasteiger partial charge in [0.25, 0.3) is 0 Å². The molecular formula is C13H10O5-2. The van der Waals surface area contributed by atoms with E-state index in [4.69, 9.17) is 4.74 Å². The molecule has 0 bridgehead atoms. The number of rotatable bonds is 5. The molecule has 18 heavy (non-hydrogen) atoms. The van der Waals surface area contributed by atoms with Gasteiger partial charge in [0.15, 0.2) is 0 Å². The fourth-order valence-electron chi connectivity index (χ4n) is 1.81. The highest BCUT2D eigenvalue weighted by Gasteiger charge is 2.24. The zero-order valence-electron chi connectivity index (χ0n) is 9.47. The second-order valence-electron chi connectivity index (χ2n) is 4.07. The number of hydrogen-bond acceptors (Lipinski definition) is 5. The normalized spacial score (nSPS) is 17.2. The molecule has 0 aliphatic carbocycles. The van der Waals surface area contributed by atoms with E-state index in [-0.39, 0.29) is 17.2 Å². The first-order chi connectivity index (χ1) is 8.50. The minimum atomic E-state index is -1.55. The average molecular weight is 246 g/mol. The fraction of sp³-hybridized carbons (Fsp3) is 0.231. The lowest BCUT2D eigenvalue weighted by Gasteiger charge is -2.17. The zero-order valence-corrected chi connectivity index (χ0v) is 9.47. The molecule has 1 aliphatic rings. The molecule has 94 valence electrons. The van der Waals surface area contributed by atoms with Crippen molar-refractivity contribution in [1.82, 2.24) is 0 Å². The summed E-state index contributed by atoms with van der Waals surface area (Å²) in [6.07, 6.45) is 0.510. The fourth-order valence-corrected chi connectivity index (χ4v) is 1.81. The Morgan fingerprint density at radius 2 is 1.89 bits per heavy atom. The summed E-state index contributed by atoms with van der Waals surface area (Å²) >= 11 is 0. The van der Waals surface area contributed by atoms with Crippen LogP contribution >= 0.6 is 0 Å². The van der Waals surface area contributed by atoms with E-state index in [1.54, 1.807) is 0 Å². The summed E-state index contributed by atoms with van der Waals surface area (Å²) in [4.78, 5) is 22.0. The molecule has 0 aromatic heterocycles. The van der Waals surface area contributed by atoms with E-state index in [1.807, 2.05) is 0 Å². The number of hydrogen-bond donors (Lipinski definition) is 0. The first-order valence-electron chi connectivity index (χ1n) is 5.36. The van der Waals surface area contributed by atoms with Gasteiger partial charge in [-0.1, -0.05) is 24.8 Å². The highest BCUT2D eigenvalue weighted by molar-refractivity contribution is 6.03. The first kappa shape index (κ1) is 12.3. The van der Waals surface area contributed by atoms with E-state index in [1.165, 1.54) is 18.2 Å². The van der Waals surface area contributed by atoms with Crippen molar-refractivity contribution >= 4 is 17.5 Å². The van der Waals surface area contributed by atoms with Crippen LogP contribution in [0, 0.1) is 0 Å². The van der Waals surface area contributed by atoms with Gasteiger partial charge in [-0.05, 0) is 11.1 Å². The Labute approximate surface area is 103 Å². The molecule has 2 rings (SSSR count). The van der Waals surface area contributed by atoms with Crippen molar-refractivity contribution in [3.8, 4) is 0 Å². The molecule has 5 nitrogen and oxygen atoms in total. The van der Waals surface area contributed by atoms with Crippen molar-refractivity contribution in [2.24, 2.45) is 0 Å². The summed E-state index contributed by atoms with van der Waals surface area (Å²) in [5.41, 5.74) is -0.0134. The highest BCUT2D eigenvalue weighted by atomic mass is 16.6. The summed E-state index contributed by atoms with van der Waals surface area (Å²) in [7, 11) is 0. The molecule has 5 heteroatoms. The Hall–Kier alpha value is -2.14. The third kappa shape index (κ3) is 2.41. The van der Waals surface area contributed by atoms with Crippen molar-refractivity contribution in [2.45, 2.75) is 12.5 Å². The van der Waals surface area contributed by atoms with Crippen LogP contribution in [-0.2, 0) is 4.74 Å². The largest absolute Gasteiger partial charge is 0.545 e. The molecule has 0 spiro atoms. The Morgan fingerprint density at radius 1 is 1.28 bits per heavy atom. The quantitative estimate of drug-likeness (QED) is 0.635. The Bertz CT molecular complexity index is 528. The lowest BCUT2D eigenvalue weighted by molar-refractivity contribution is -0.259. The molecule has 1 unspecified atom stereocenters. The van der Waals surface area contributed by atoms with Crippen molar-refractivity contribution in [2.75, 3.05) is 6.61 Å². The maximum atomic E-state index is 11.1. The van der Waals surface area contributed by atoms with E-state index in [0.717, 1.165) is 0 Å². The van der Waals surface area contributed by atoms with Crippen LogP contribution in [0.1, 0.15) is 32.7 Å². The third-order valence-corrected chi connectivity index (χ3v) is 2.75. The van der Waals surface area contributed by atoms with Gasteiger partial charge in [-0.15, -0.1) is 0 Å². The van der Waals surface area contributed by atoms with Crippen LogP contribution in [0.4, 0.5) is 0 Å². The van der Waals surface area contributed by atoms with Gasteiger partial charge >= 0.3 is 0 Å². The number of benzene rings is 1. The van der Waals surface area contributed by atoms with E-state index < -0.39 is 17.5 Å². The smallest absolute Gasteiger partial charge is 0.0850 e. The van der Waals surface area contributed by atoms with Crippen LogP contribution in [0.2, 0.25) is 0 Å². The summed E-state index contributed by atoms with van der Waals surface area (Å²) < 4.78 is 5.03. The number of epoxide rings is 1. The van der Waals surface area contributed by atoms with Crippen LogP contribution in [-0.4, -0.2) is 24.6 Å². The number of carboxylic acid groups (broad SMARTS) is 2. The van der Waals surface area contributed by atoms with Gasteiger partial charge in [-0.2, -0.15) is 0 Å². The second kappa shape index (κ2) is 4.62. The van der Waals surface area contributed by atoms with Gasteiger partial charge < -0.3 is 24.5 Å². The predicted molar refractivity (Wildman–Crippen MR) is 58.5 cm³/mol. The van der Waals surface area contributed by atoms with Crippen LogP contribution in [0.25, 0.3) is 5.57 Å². The van der Waals surface area contributed by atoms with Crippen molar-refractivity contribution in [1.29, 1.82) is 0 Å². The van der Waals surface area contributed by atoms with E-state index >= 15 is 0 Å². The lowest BCUT2D eigenvalue weighted by atomic mass is 9.94. The predicted octanol–water partition coefficient (Wildman–Crippen LogP) is -0.784. The molecule has 1 aromatic carbocycles. The number of carbonyl (C=O) groups excluding carboxylic acids is 2. The van der Waals surface area contributed by atoms with Gasteiger partial charge in [-0.25, -0.2) is 0 Å². The summed E-state index contributed by atoms with van der Waals surface area (Å²) in [6.45, 7) is 4.38. The molecule has 1 atom stereocenters. The van der Waals surface area contributed by atoms with Crippen molar-refractivity contribution < 1.29 is 24.5 Å².